The molecular weight excluding hydrogens is 204 g/mol. The third-order valence-electron chi connectivity index (χ3n) is 2.02. The third kappa shape index (κ3) is 5.98. The molecule has 0 unspecified atom stereocenters. The van der Waals surface area contributed by atoms with Crippen molar-refractivity contribution in [3.05, 3.63) is 0 Å². The molecule has 0 aliphatic rings. The predicted molar refractivity (Wildman–Crippen MR) is 67.4 cm³/mol. The lowest BCUT2D eigenvalue weighted by molar-refractivity contribution is -0.0370. The third-order valence-corrected chi connectivity index (χ3v) is 2.91. The van der Waals surface area contributed by atoms with E-state index in [1.165, 1.54) is 0 Å². The number of aliphatic hydroxyl groups excluding tert-OH is 1. The lowest BCUT2D eigenvalue weighted by Gasteiger charge is -2.29. The second-order valence-electron chi connectivity index (χ2n) is 5.99. The molecule has 0 aromatic heterocycles. The molecule has 0 saturated carbocycles. The van der Waals surface area contributed by atoms with E-state index in [2.05, 4.69) is 31.1 Å². The molecule has 0 amide bonds. The fourth-order valence-electron chi connectivity index (χ4n) is 1.01. The van der Waals surface area contributed by atoms with Crippen molar-refractivity contribution >= 4 is 8.07 Å². The summed E-state index contributed by atoms with van der Waals surface area (Å²) in [6, 6.07) is 0. The zero-order valence-corrected chi connectivity index (χ0v) is 12.0. The molecule has 0 heterocycles. The normalized spacial score (nSPS) is 16.5. The van der Waals surface area contributed by atoms with Crippen molar-refractivity contribution in [1.82, 2.24) is 0 Å². The van der Waals surface area contributed by atoms with Gasteiger partial charge in [0, 0.05) is 7.11 Å². The van der Waals surface area contributed by atoms with E-state index in [4.69, 9.17) is 4.74 Å². The SMILES string of the molecule is CO[C@H](C#C[Si](C)(C)C)[C@@H](O)C(C)(C)C. The highest BCUT2D eigenvalue weighted by Gasteiger charge is 2.29. The monoisotopic (exact) mass is 228 g/mol. The fourth-order valence-corrected chi connectivity index (χ4v) is 1.58. The fraction of sp³-hybridized carbons (Fsp3) is 0.833. The van der Waals surface area contributed by atoms with Crippen molar-refractivity contribution in [1.29, 1.82) is 0 Å². The van der Waals surface area contributed by atoms with Gasteiger partial charge in [0.05, 0.1) is 6.10 Å². The van der Waals surface area contributed by atoms with Crippen molar-refractivity contribution < 1.29 is 9.84 Å². The Hall–Kier alpha value is -0.303. The van der Waals surface area contributed by atoms with Crippen LogP contribution in [0.15, 0.2) is 0 Å². The summed E-state index contributed by atoms with van der Waals surface area (Å²) in [5.41, 5.74) is 3.03. The van der Waals surface area contributed by atoms with E-state index in [1.807, 2.05) is 20.8 Å². The van der Waals surface area contributed by atoms with Crippen LogP contribution >= 0.6 is 0 Å². The lowest BCUT2D eigenvalue weighted by atomic mass is 9.86. The molecule has 2 atom stereocenters. The highest BCUT2D eigenvalue weighted by atomic mass is 28.3. The first-order valence-corrected chi connectivity index (χ1v) is 8.81. The molecule has 3 heteroatoms. The number of ether oxygens (including phenoxy) is 1. The standard InChI is InChI=1S/C12H24O2Si/c1-12(2,3)11(13)10(14-4)8-9-15(5,6)7/h10-11,13H,1-7H3/t10-,11-/m1/s1. The van der Waals surface area contributed by atoms with Gasteiger partial charge in [-0.05, 0) is 5.41 Å². The first kappa shape index (κ1) is 14.7. The minimum atomic E-state index is -1.39. The summed E-state index contributed by atoms with van der Waals surface area (Å²) in [7, 11) is 0.202. The van der Waals surface area contributed by atoms with Crippen LogP contribution in [0.5, 0.6) is 0 Å². The van der Waals surface area contributed by atoms with Gasteiger partial charge in [-0.3, -0.25) is 0 Å². The highest BCUT2D eigenvalue weighted by Crippen LogP contribution is 2.22. The van der Waals surface area contributed by atoms with Gasteiger partial charge in [0.15, 0.2) is 0 Å². The molecule has 0 rings (SSSR count). The summed E-state index contributed by atoms with van der Waals surface area (Å²) in [4.78, 5) is 0. The molecule has 0 aliphatic heterocycles. The molecule has 0 saturated heterocycles. The minimum absolute atomic E-state index is 0.200. The van der Waals surface area contributed by atoms with Crippen LogP contribution in [-0.2, 0) is 4.74 Å². The van der Waals surface area contributed by atoms with E-state index in [0.717, 1.165) is 0 Å². The zero-order chi connectivity index (χ0) is 12.3. The summed E-state index contributed by atoms with van der Waals surface area (Å²) in [6.45, 7) is 12.5. The van der Waals surface area contributed by atoms with Crippen LogP contribution in [0.25, 0.3) is 0 Å². The smallest absolute Gasteiger partial charge is 0.143 e. The number of aliphatic hydroxyl groups is 1. The maximum atomic E-state index is 10.0. The lowest BCUT2D eigenvalue weighted by Crippen LogP contribution is -2.38. The van der Waals surface area contributed by atoms with Crippen molar-refractivity contribution in [2.24, 2.45) is 5.41 Å². The quantitative estimate of drug-likeness (QED) is 0.580. The Kier molecular flexibility index (Phi) is 5.05. The Labute approximate surface area is 95.0 Å². The van der Waals surface area contributed by atoms with Crippen LogP contribution in [0.3, 0.4) is 0 Å². The molecule has 0 aromatic carbocycles. The second kappa shape index (κ2) is 5.15. The summed E-state index contributed by atoms with van der Waals surface area (Å²) >= 11 is 0. The van der Waals surface area contributed by atoms with Crippen molar-refractivity contribution in [3.63, 3.8) is 0 Å². The van der Waals surface area contributed by atoms with Crippen molar-refractivity contribution in [2.45, 2.75) is 52.6 Å². The van der Waals surface area contributed by atoms with Crippen LogP contribution in [0.4, 0.5) is 0 Å². The summed E-state index contributed by atoms with van der Waals surface area (Å²) in [5.74, 6) is 3.06. The first-order chi connectivity index (χ1) is 6.58. The van der Waals surface area contributed by atoms with Crippen LogP contribution in [0.1, 0.15) is 20.8 Å². The van der Waals surface area contributed by atoms with Crippen LogP contribution < -0.4 is 0 Å². The Morgan fingerprint density at radius 3 is 1.93 bits per heavy atom. The second-order valence-corrected chi connectivity index (χ2v) is 10.7. The Bertz CT molecular complexity index is 250. The molecule has 88 valence electrons. The number of hydrogen-bond donors (Lipinski definition) is 1. The summed E-state index contributed by atoms with van der Waals surface area (Å²) in [6.07, 6.45) is -0.928. The Morgan fingerprint density at radius 2 is 1.67 bits per heavy atom. The van der Waals surface area contributed by atoms with Crippen LogP contribution in [0, 0.1) is 16.9 Å². The van der Waals surface area contributed by atoms with Gasteiger partial charge in [0.1, 0.15) is 14.2 Å². The van der Waals surface area contributed by atoms with Gasteiger partial charge in [-0.1, -0.05) is 46.3 Å². The van der Waals surface area contributed by atoms with Gasteiger partial charge in [-0.25, -0.2) is 0 Å². The molecule has 0 aliphatic carbocycles. The van der Waals surface area contributed by atoms with Crippen LogP contribution in [0.2, 0.25) is 19.6 Å². The van der Waals surface area contributed by atoms with E-state index in [0.29, 0.717) is 0 Å². The molecule has 0 aromatic rings. The minimum Gasteiger partial charge on any atom is -0.389 e. The predicted octanol–water partition coefficient (Wildman–Crippen LogP) is 2.29. The van der Waals surface area contributed by atoms with Crippen molar-refractivity contribution in [3.8, 4) is 11.5 Å². The highest BCUT2D eigenvalue weighted by molar-refractivity contribution is 6.83. The maximum absolute atomic E-state index is 10.0. The molecular formula is C12H24O2Si. The molecule has 0 radical (unpaired) electrons. The van der Waals surface area contributed by atoms with Crippen molar-refractivity contribution in [2.75, 3.05) is 7.11 Å². The van der Waals surface area contributed by atoms with E-state index in [-0.39, 0.29) is 11.5 Å². The van der Waals surface area contributed by atoms with Gasteiger partial charge < -0.3 is 9.84 Å². The van der Waals surface area contributed by atoms with E-state index < -0.39 is 14.2 Å². The number of methoxy groups -OCH3 is 1. The number of hydrogen-bond acceptors (Lipinski definition) is 2. The molecule has 0 fully saturated rings. The van der Waals surface area contributed by atoms with E-state index in [9.17, 15) is 5.11 Å². The Balaban J connectivity index is 4.70. The Morgan fingerprint density at radius 1 is 1.20 bits per heavy atom. The average molecular weight is 228 g/mol. The van der Waals surface area contributed by atoms with E-state index in [1.54, 1.807) is 7.11 Å². The van der Waals surface area contributed by atoms with Gasteiger partial charge in [-0.15, -0.1) is 5.54 Å². The average Bonchev–Trinajstić information content (AvgIpc) is 2.01. The summed E-state index contributed by atoms with van der Waals surface area (Å²) in [5, 5.41) is 10.0. The molecule has 15 heavy (non-hydrogen) atoms. The van der Waals surface area contributed by atoms with E-state index >= 15 is 0 Å². The maximum Gasteiger partial charge on any atom is 0.143 e. The number of rotatable bonds is 2. The van der Waals surface area contributed by atoms with Gasteiger partial charge >= 0.3 is 0 Å². The molecule has 0 bridgehead atoms. The van der Waals surface area contributed by atoms with Gasteiger partial charge in [-0.2, -0.15) is 0 Å². The van der Waals surface area contributed by atoms with Gasteiger partial charge in [0.25, 0.3) is 0 Å². The zero-order valence-electron chi connectivity index (χ0n) is 11.0. The molecule has 2 nitrogen and oxygen atoms in total. The first-order valence-electron chi connectivity index (χ1n) is 5.31. The summed E-state index contributed by atoms with van der Waals surface area (Å²) < 4.78 is 5.23. The molecule has 0 spiro atoms. The topological polar surface area (TPSA) is 29.5 Å². The largest absolute Gasteiger partial charge is 0.389 e. The van der Waals surface area contributed by atoms with Crippen LogP contribution in [-0.4, -0.2) is 32.5 Å². The van der Waals surface area contributed by atoms with Gasteiger partial charge in [0.2, 0.25) is 0 Å². The molecule has 1 N–H and O–H groups in total.